The average Bonchev–Trinajstić information content (AvgIpc) is 3.41. The largest absolute Gasteiger partial charge is 0.493 e. The van der Waals surface area contributed by atoms with Crippen LogP contribution in [0.4, 0.5) is 0 Å². The van der Waals surface area contributed by atoms with Crippen molar-refractivity contribution >= 4 is 45.0 Å². The number of thiazole rings is 1. The fourth-order valence-electron chi connectivity index (χ4n) is 5.37. The number of methoxy groups -OCH3 is 2. The highest BCUT2D eigenvalue weighted by Gasteiger charge is 2.35. The molecule has 47 heavy (non-hydrogen) atoms. The van der Waals surface area contributed by atoms with Crippen molar-refractivity contribution in [1.82, 2.24) is 4.57 Å². The molecule has 0 radical (unpaired) electrons. The van der Waals surface area contributed by atoms with Crippen LogP contribution in [0.5, 0.6) is 17.2 Å². The summed E-state index contributed by atoms with van der Waals surface area (Å²) in [4.78, 5) is 33.4. The fourth-order valence-corrected chi connectivity index (χ4v) is 6.64. The number of ether oxygens (including phenoxy) is 4. The van der Waals surface area contributed by atoms with Gasteiger partial charge in [0.05, 0.1) is 42.7 Å². The monoisotopic (exact) mass is 710 g/mol. The van der Waals surface area contributed by atoms with Gasteiger partial charge in [0.2, 0.25) is 0 Å². The number of carbonyl (C=O) groups excluding carboxylic acids is 1. The molecule has 0 amide bonds. The van der Waals surface area contributed by atoms with Crippen molar-refractivity contribution in [1.29, 1.82) is 0 Å². The number of rotatable bonds is 10. The maximum atomic E-state index is 14.3. The summed E-state index contributed by atoms with van der Waals surface area (Å²) in [5, 5.41) is 0. The topological polar surface area (TPSA) is 88.4 Å². The van der Waals surface area contributed by atoms with Crippen molar-refractivity contribution in [3.05, 3.63) is 149 Å². The molecular weight excluding hydrogens is 680 g/mol. The van der Waals surface area contributed by atoms with Crippen LogP contribution < -0.4 is 29.1 Å². The van der Waals surface area contributed by atoms with E-state index in [1.165, 1.54) is 11.3 Å². The van der Waals surface area contributed by atoms with E-state index >= 15 is 0 Å². The summed E-state index contributed by atoms with van der Waals surface area (Å²) >= 11 is 4.71. The van der Waals surface area contributed by atoms with Gasteiger partial charge >= 0.3 is 5.97 Å². The Morgan fingerprint density at radius 1 is 0.936 bits per heavy atom. The van der Waals surface area contributed by atoms with Crippen LogP contribution in [0.25, 0.3) is 11.8 Å². The molecule has 4 aromatic carbocycles. The quantitative estimate of drug-likeness (QED) is 0.158. The van der Waals surface area contributed by atoms with Gasteiger partial charge in [-0.05, 0) is 66.1 Å². The van der Waals surface area contributed by atoms with Gasteiger partial charge in [0.25, 0.3) is 5.56 Å². The zero-order valence-corrected chi connectivity index (χ0v) is 28.3. The van der Waals surface area contributed by atoms with Crippen LogP contribution in [-0.4, -0.2) is 31.4 Å². The lowest BCUT2D eigenvalue weighted by molar-refractivity contribution is -0.138. The number of hydrogen-bond donors (Lipinski definition) is 0. The summed E-state index contributed by atoms with van der Waals surface area (Å²) in [5.41, 5.74) is 3.61. The second kappa shape index (κ2) is 14.2. The number of hydrogen-bond acceptors (Lipinski definition) is 8. The molecule has 0 spiro atoms. The summed E-state index contributed by atoms with van der Waals surface area (Å²) in [6.45, 7) is 2.31. The van der Waals surface area contributed by atoms with Gasteiger partial charge in [-0.1, -0.05) is 87.9 Å². The van der Waals surface area contributed by atoms with Gasteiger partial charge in [-0.3, -0.25) is 9.36 Å². The highest BCUT2D eigenvalue weighted by Crippen LogP contribution is 2.38. The third-order valence-electron chi connectivity index (χ3n) is 7.57. The van der Waals surface area contributed by atoms with Crippen LogP contribution in [0.2, 0.25) is 0 Å². The van der Waals surface area contributed by atoms with E-state index in [1.54, 1.807) is 37.8 Å². The van der Waals surface area contributed by atoms with Crippen LogP contribution in [0.15, 0.2) is 117 Å². The first-order valence-corrected chi connectivity index (χ1v) is 16.5. The van der Waals surface area contributed by atoms with Crippen molar-refractivity contribution in [2.24, 2.45) is 4.99 Å². The Morgan fingerprint density at radius 3 is 2.43 bits per heavy atom. The van der Waals surface area contributed by atoms with Crippen molar-refractivity contribution in [3.8, 4) is 17.2 Å². The van der Waals surface area contributed by atoms with Crippen LogP contribution >= 0.6 is 27.3 Å². The molecule has 6 rings (SSSR count). The van der Waals surface area contributed by atoms with E-state index in [0.29, 0.717) is 44.4 Å². The fraction of sp³-hybridized carbons (Fsp3) is 0.162. The second-order valence-electron chi connectivity index (χ2n) is 10.5. The molecule has 8 nitrogen and oxygen atoms in total. The summed E-state index contributed by atoms with van der Waals surface area (Å²) in [6, 6.07) is 29.5. The zero-order valence-electron chi connectivity index (χ0n) is 25.9. The number of nitrogens with zero attached hydrogens (tertiary/aromatic N) is 2. The minimum absolute atomic E-state index is 0.160. The Balaban J connectivity index is 1.50. The van der Waals surface area contributed by atoms with Crippen LogP contribution in [0.3, 0.4) is 0 Å². The van der Waals surface area contributed by atoms with E-state index < -0.39 is 12.0 Å². The Bertz CT molecular complexity index is 2140. The average molecular weight is 712 g/mol. The lowest BCUT2D eigenvalue weighted by Gasteiger charge is -2.26. The second-order valence-corrected chi connectivity index (χ2v) is 12.5. The predicted molar refractivity (Wildman–Crippen MR) is 186 cm³/mol. The number of halogens is 1. The molecule has 0 saturated carbocycles. The van der Waals surface area contributed by atoms with E-state index in [9.17, 15) is 9.59 Å². The maximum absolute atomic E-state index is 14.3. The predicted octanol–water partition coefficient (Wildman–Crippen LogP) is 6.29. The van der Waals surface area contributed by atoms with Crippen molar-refractivity contribution in [3.63, 3.8) is 0 Å². The Hall–Kier alpha value is -4.93. The third kappa shape index (κ3) is 6.79. The number of aromatic nitrogens is 1. The first-order valence-electron chi connectivity index (χ1n) is 14.9. The highest BCUT2D eigenvalue weighted by molar-refractivity contribution is 9.10. The van der Waals surface area contributed by atoms with Gasteiger partial charge in [-0.25, -0.2) is 9.79 Å². The first kappa shape index (κ1) is 32.0. The molecule has 0 saturated heterocycles. The molecule has 0 fully saturated rings. The zero-order chi connectivity index (χ0) is 32.9. The van der Waals surface area contributed by atoms with Gasteiger partial charge in [-0.15, -0.1) is 0 Å². The Labute approximate surface area is 284 Å². The normalized spacial score (nSPS) is 14.3. The molecule has 0 unspecified atom stereocenters. The molecular formula is C37H31BrN2O6S. The molecule has 1 aromatic heterocycles. The van der Waals surface area contributed by atoms with E-state index in [2.05, 4.69) is 15.9 Å². The summed E-state index contributed by atoms with van der Waals surface area (Å²) in [7, 11) is 3.10. The van der Waals surface area contributed by atoms with Crippen molar-refractivity contribution in [2.75, 3.05) is 20.8 Å². The van der Waals surface area contributed by atoms with E-state index in [0.717, 1.165) is 21.2 Å². The molecule has 0 N–H and O–H groups in total. The summed E-state index contributed by atoms with van der Waals surface area (Å²) in [5.74, 6) is 1.11. The Morgan fingerprint density at radius 2 is 1.70 bits per heavy atom. The van der Waals surface area contributed by atoms with E-state index in [4.69, 9.17) is 23.9 Å². The maximum Gasteiger partial charge on any atom is 0.338 e. The molecule has 1 aliphatic rings. The standard InChI is InChI=1S/C37H31BrN2O6S/c1-4-45-36(42)32-33(25-10-6-5-7-11-25)39-37-40(34(32)26-15-18-29(43-2)30(21-26)44-3)35(41)31(47-37)20-24-9-8-12-28(19-24)46-22-23-13-16-27(38)17-14-23/h5-21,34H,4,22H2,1-3H3/b31-20-/t34-/m1/s1. The number of fused-ring (bicyclic) bond motifs is 1. The van der Waals surface area contributed by atoms with Crippen molar-refractivity contribution < 1.29 is 23.7 Å². The molecule has 0 aliphatic carbocycles. The third-order valence-corrected chi connectivity index (χ3v) is 9.08. The summed E-state index contributed by atoms with van der Waals surface area (Å²) < 4.78 is 25.7. The highest BCUT2D eigenvalue weighted by atomic mass is 79.9. The van der Waals surface area contributed by atoms with Gasteiger partial charge < -0.3 is 18.9 Å². The van der Waals surface area contributed by atoms with Crippen LogP contribution in [-0.2, 0) is 16.1 Å². The molecule has 2 heterocycles. The molecule has 1 aliphatic heterocycles. The minimum atomic E-state index is -0.844. The van der Waals surface area contributed by atoms with Gasteiger partial charge in [0, 0.05) is 10.0 Å². The lowest BCUT2D eigenvalue weighted by Crippen LogP contribution is -2.40. The minimum Gasteiger partial charge on any atom is -0.493 e. The van der Waals surface area contributed by atoms with E-state index in [-0.39, 0.29) is 17.7 Å². The lowest BCUT2D eigenvalue weighted by atomic mass is 9.93. The molecule has 0 bridgehead atoms. The molecule has 5 aromatic rings. The van der Waals surface area contributed by atoms with Gasteiger partial charge in [-0.2, -0.15) is 0 Å². The van der Waals surface area contributed by atoms with Gasteiger partial charge in [0.1, 0.15) is 12.4 Å². The number of carbonyl (C=O) groups is 1. The smallest absolute Gasteiger partial charge is 0.338 e. The van der Waals surface area contributed by atoms with Gasteiger partial charge in [0.15, 0.2) is 16.3 Å². The van der Waals surface area contributed by atoms with E-state index in [1.807, 2.05) is 91.0 Å². The SMILES string of the molecule is CCOC(=O)C1=C(c2ccccc2)N=c2s/c(=C\c3cccc(OCc4ccc(Br)cc4)c3)c(=O)n2[C@@H]1c1ccc(OC)c(OC)c1. The number of benzene rings is 4. The summed E-state index contributed by atoms with van der Waals surface area (Å²) in [6.07, 6.45) is 1.82. The van der Waals surface area contributed by atoms with Crippen LogP contribution in [0, 0.1) is 0 Å². The van der Waals surface area contributed by atoms with Crippen LogP contribution in [0.1, 0.15) is 35.2 Å². The molecule has 10 heteroatoms. The van der Waals surface area contributed by atoms with Crippen molar-refractivity contribution in [2.45, 2.75) is 19.6 Å². The molecule has 1 atom stereocenters. The first-order chi connectivity index (χ1) is 22.9. The molecule has 238 valence electrons. The Kier molecular flexibility index (Phi) is 9.70. The number of esters is 1.